The molecule has 3 aliphatic rings. The number of anilines is 1. The molecule has 9 heteroatoms. The van der Waals surface area contributed by atoms with E-state index in [0.29, 0.717) is 36.6 Å². The van der Waals surface area contributed by atoms with E-state index in [4.69, 9.17) is 17.0 Å². The fourth-order valence-electron chi connectivity index (χ4n) is 4.92. The van der Waals surface area contributed by atoms with Crippen molar-refractivity contribution >= 4 is 34.9 Å². The topological polar surface area (TPSA) is 65.1 Å². The Bertz CT molecular complexity index is 846. The van der Waals surface area contributed by atoms with Gasteiger partial charge >= 0.3 is 5.97 Å². The Morgan fingerprint density at radius 1 is 1.19 bits per heavy atom. The zero-order valence-electron chi connectivity index (χ0n) is 17.8. The molecule has 4 rings (SSSR count). The molecule has 3 atom stereocenters. The van der Waals surface area contributed by atoms with Gasteiger partial charge in [-0.25, -0.2) is 4.39 Å². The predicted octanol–water partition coefficient (Wildman–Crippen LogP) is 1.62. The molecule has 1 aromatic carbocycles. The van der Waals surface area contributed by atoms with Gasteiger partial charge in [0.25, 0.3) is 0 Å². The van der Waals surface area contributed by atoms with Crippen molar-refractivity contribution in [2.75, 3.05) is 51.3 Å². The minimum atomic E-state index is -0.212. The van der Waals surface area contributed by atoms with Crippen molar-refractivity contribution in [2.24, 2.45) is 11.8 Å². The standard InChI is InChI=1S/C22H29FN4O3S/c1-30-21(29)15-6-7-16-18(14-15)24-22(31)27(20(16)28)13-10-25-8-11-26(12-9-25)19-5-3-2-4-17(19)23/h2-5,15-16,18H,6-14H2,1H3,(H,24,31). The van der Waals surface area contributed by atoms with Crippen LogP contribution in [0.5, 0.6) is 0 Å². The van der Waals surface area contributed by atoms with Crippen LogP contribution in [0.2, 0.25) is 0 Å². The van der Waals surface area contributed by atoms with Gasteiger partial charge in [-0.15, -0.1) is 0 Å². The summed E-state index contributed by atoms with van der Waals surface area (Å²) < 4.78 is 18.9. The zero-order valence-corrected chi connectivity index (χ0v) is 18.6. The van der Waals surface area contributed by atoms with Gasteiger partial charge in [-0.3, -0.25) is 19.4 Å². The SMILES string of the molecule is COC(=O)C1CCC2C(=O)N(CCN3CCN(c4ccccc4F)CC3)C(=S)NC2C1. The van der Waals surface area contributed by atoms with Crippen molar-refractivity contribution < 1.29 is 18.7 Å². The van der Waals surface area contributed by atoms with Gasteiger partial charge in [-0.1, -0.05) is 12.1 Å². The number of carbonyl (C=O) groups excluding carboxylic acids is 2. The summed E-state index contributed by atoms with van der Waals surface area (Å²) in [6.45, 7) is 4.37. The van der Waals surface area contributed by atoms with Crippen LogP contribution in [0.15, 0.2) is 24.3 Å². The first-order valence-corrected chi connectivity index (χ1v) is 11.3. The number of thiocarbonyl (C=S) groups is 1. The number of esters is 1. The van der Waals surface area contributed by atoms with Gasteiger partial charge in [0, 0.05) is 45.3 Å². The molecule has 0 radical (unpaired) electrons. The van der Waals surface area contributed by atoms with Crippen molar-refractivity contribution in [1.29, 1.82) is 0 Å². The number of nitrogens with zero attached hydrogens (tertiary/aromatic N) is 3. The predicted molar refractivity (Wildman–Crippen MR) is 119 cm³/mol. The Balaban J connectivity index is 1.28. The van der Waals surface area contributed by atoms with Crippen LogP contribution in [0.3, 0.4) is 0 Å². The number of halogens is 1. The molecule has 0 spiro atoms. The number of methoxy groups -OCH3 is 1. The Kier molecular flexibility index (Phi) is 6.71. The third kappa shape index (κ3) is 4.67. The molecule has 31 heavy (non-hydrogen) atoms. The van der Waals surface area contributed by atoms with Gasteiger partial charge in [0.2, 0.25) is 5.91 Å². The normalized spacial score (nSPS) is 27.0. The molecule has 1 N–H and O–H groups in total. The van der Waals surface area contributed by atoms with Crippen LogP contribution < -0.4 is 10.2 Å². The molecular weight excluding hydrogens is 419 g/mol. The highest BCUT2D eigenvalue weighted by atomic mass is 32.1. The lowest BCUT2D eigenvalue weighted by Crippen LogP contribution is -2.62. The minimum absolute atomic E-state index is 0.0575. The summed E-state index contributed by atoms with van der Waals surface area (Å²) >= 11 is 5.48. The van der Waals surface area contributed by atoms with Crippen molar-refractivity contribution in [3.63, 3.8) is 0 Å². The Hall–Kier alpha value is -2.26. The Morgan fingerprint density at radius 3 is 2.65 bits per heavy atom. The highest BCUT2D eigenvalue weighted by molar-refractivity contribution is 7.80. The quantitative estimate of drug-likeness (QED) is 0.543. The smallest absolute Gasteiger partial charge is 0.308 e. The summed E-state index contributed by atoms with van der Waals surface area (Å²) in [5.74, 6) is -0.669. The highest BCUT2D eigenvalue weighted by Crippen LogP contribution is 2.33. The number of carbonyl (C=O) groups is 2. The van der Waals surface area contributed by atoms with Crippen LogP contribution in [-0.2, 0) is 14.3 Å². The third-order valence-corrected chi connectivity index (χ3v) is 7.07. The van der Waals surface area contributed by atoms with Gasteiger partial charge in [0.15, 0.2) is 5.11 Å². The molecular formula is C22H29FN4O3S. The van der Waals surface area contributed by atoms with Gasteiger partial charge in [-0.2, -0.15) is 0 Å². The second kappa shape index (κ2) is 9.48. The van der Waals surface area contributed by atoms with E-state index < -0.39 is 0 Å². The average molecular weight is 449 g/mol. The maximum absolute atomic E-state index is 14.0. The van der Waals surface area contributed by atoms with E-state index >= 15 is 0 Å². The van der Waals surface area contributed by atoms with E-state index in [1.165, 1.54) is 13.2 Å². The molecule has 1 saturated carbocycles. The van der Waals surface area contributed by atoms with Crippen LogP contribution in [-0.4, -0.2) is 79.2 Å². The molecule has 1 aliphatic carbocycles. The van der Waals surface area contributed by atoms with Crippen LogP contribution >= 0.6 is 12.2 Å². The number of hydrogen-bond donors (Lipinski definition) is 1. The lowest BCUT2D eigenvalue weighted by Gasteiger charge is -2.44. The third-order valence-electron chi connectivity index (χ3n) is 6.73. The van der Waals surface area contributed by atoms with Crippen molar-refractivity contribution in [1.82, 2.24) is 15.1 Å². The van der Waals surface area contributed by atoms with Gasteiger partial charge in [0.1, 0.15) is 5.82 Å². The van der Waals surface area contributed by atoms with Gasteiger partial charge in [-0.05, 0) is 43.6 Å². The zero-order chi connectivity index (χ0) is 22.0. The van der Waals surface area contributed by atoms with Crippen molar-refractivity contribution in [3.05, 3.63) is 30.1 Å². The molecule has 0 aromatic heterocycles. The van der Waals surface area contributed by atoms with E-state index in [-0.39, 0.29) is 35.6 Å². The molecule has 2 saturated heterocycles. The van der Waals surface area contributed by atoms with Crippen molar-refractivity contribution in [2.45, 2.75) is 25.3 Å². The number of fused-ring (bicyclic) bond motifs is 1. The van der Waals surface area contributed by atoms with E-state index in [1.807, 2.05) is 12.1 Å². The number of nitrogens with one attached hydrogen (secondary N) is 1. The molecule has 3 fully saturated rings. The highest BCUT2D eigenvalue weighted by Gasteiger charge is 2.44. The summed E-state index contributed by atoms with van der Waals surface area (Å²) in [5, 5.41) is 3.74. The van der Waals surface area contributed by atoms with Crippen LogP contribution in [0.25, 0.3) is 0 Å². The molecule has 3 unspecified atom stereocenters. The Labute approximate surface area is 187 Å². The van der Waals surface area contributed by atoms with Gasteiger partial charge < -0.3 is 15.0 Å². The van der Waals surface area contributed by atoms with E-state index in [1.54, 1.807) is 11.0 Å². The molecule has 0 bridgehead atoms. The molecule has 168 valence electrons. The van der Waals surface area contributed by atoms with E-state index in [0.717, 1.165) is 32.7 Å². The number of rotatable bonds is 5. The molecule has 1 amide bonds. The molecule has 2 heterocycles. The maximum Gasteiger partial charge on any atom is 0.308 e. The summed E-state index contributed by atoms with van der Waals surface area (Å²) in [6.07, 6.45) is 1.91. The lowest BCUT2D eigenvalue weighted by atomic mass is 9.76. The summed E-state index contributed by atoms with van der Waals surface area (Å²) in [4.78, 5) is 31.0. The van der Waals surface area contributed by atoms with Crippen molar-refractivity contribution in [3.8, 4) is 0 Å². The monoisotopic (exact) mass is 448 g/mol. The fraction of sp³-hybridized carbons (Fsp3) is 0.591. The number of ether oxygens (including phenoxy) is 1. The molecule has 1 aromatic rings. The number of amides is 1. The largest absolute Gasteiger partial charge is 0.469 e. The number of piperazine rings is 1. The summed E-state index contributed by atoms with van der Waals surface area (Å²) in [6, 6.07) is 6.76. The first-order valence-electron chi connectivity index (χ1n) is 10.9. The van der Waals surface area contributed by atoms with Gasteiger partial charge in [0.05, 0.1) is 24.6 Å². The molecule has 7 nitrogen and oxygen atoms in total. The summed E-state index contributed by atoms with van der Waals surface area (Å²) in [5.41, 5.74) is 0.646. The maximum atomic E-state index is 14.0. The van der Waals surface area contributed by atoms with Crippen LogP contribution in [0, 0.1) is 17.7 Å². The van der Waals surface area contributed by atoms with Crippen LogP contribution in [0.4, 0.5) is 10.1 Å². The number of benzene rings is 1. The van der Waals surface area contributed by atoms with E-state index in [2.05, 4.69) is 15.1 Å². The lowest BCUT2D eigenvalue weighted by molar-refractivity contribution is -0.149. The fourth-order valence-corrected chi connectivity index (χ4v) is 5.25. The molecule has 2 aliphatic heterocycles. The number of hydrogen-bond acceptors (Lipinski definition) is 6. The van der Waals surface area contributed by atoms with Crippen LogP contribution in [0.1, 0.15) is 19.3 Å². The van der Waals surface area contributed by atoms with E-state index in [9.17, 15) is 14.0 Å². The Morgan fingerprint density at radius 2 is 1.94 bits per heavy atom. The first-order chi connectivity index (χ1) is 15.0. The second-order valence-electron chi connectivity index (χ2n) is 8.47. The second-order valence-corrected chi connectivity index (χ2v) is 8.85. The minimum Gasteiger partial charge on any atom is -0.469 e. The summed E-state index contributed by atoms with van der Waals surface area (Å²) in [7, 11) is 1.40. The average Bonchev–Trinajstić information content (AvgIpc) is 2.79. The number of para-hydroxylation sites is 1. The first kappa shape index (κ1) is 22.0.